The molecule has 0 aliphatic carbocycles. The second-order valence-electron chi connectivity index (χ2n) is 5.47. The molecule has 1 amide bonds. The lowest BCUT2D eigenvalue weighted by molar-refractivity contribution is -0.120. The van der Waals surface area contributed by atoms with Crippen molar-refractivity contribution in [3.05, 3.63) is 59.5 Å². The topological polar surface area (TPSA) is 85.8 Å². The van der Waals surface area contributed by atoms with Crippen LogP contribution in [0.3, 0.4) is 0 Å². The van der Waals surface area contributed by atoms with E-state index in [4.69, 9.17) is 4.52 Å². The standard InChI is InChI=1S/C17H15N5O2S/c23-16(10-14-13-4-1-2-5-15(13)24-21-14)18-8-6-12-11-25-17(20-12)22-9-3-7-19-22/h1-5,7,9,11H,6,8,10H2,(H,18,23). The molecule has 4 rings (SSSR count). The smallest absolute Gasteiger partial charge is 0.226 e. The number of aromatic nitrogens is 4. The number of hydrogen-bond donors (Lipinski definition) is 1. The summed E-state index contributed by atoms with van der Waals surface area (Å²) in [4.78, 5) is 16.6. The summed E-state index contributed by atoms with van der Waals surface area (Å²) in [5, 5.41) is 14.7. The molecule has 0 saturated carbocycles. The normalized spacial score (nSPS) is 11.0. The van der Waals surface area contributed by atoms with E-state index < -0.39 is 0 Å². The van der Waals surface area contributed by atoms with Gasteiger partial charge in [-0.05, 0) is 18.2 Å². The van der Waals surface area contributed by atoms with Gasteiger partial charge < -0.3 is 9.84 Å². The van der Waals surface area contributed by atoms with Gasteiger partial charge in [0.2, 0.25) is 11.0 Å². The molecule has 3 aromatic heterocycles. The first kappa shape index (κ1) is 15.5. The maximum absolute atomic E-state index is 12.1. The fourth-order valence-corrected chi connectivity index (χ4v) is 3.31. The van der Waals surface area contributed by atoms with Crippen molar-refractivity contribution in [2.75, 3.05) is 6.54 Å². The van der Waals surface area contributed by atoms with Crippen molar-refractivity contribution in [3.63, 3.8) is 0 Å². The van der Waals surface area contributed by atoms with Crippen LogP contribution in [0.2, 0.25) is 0 Å². The summed E-state index contributed by atoms with van der Waals surface area (Å²) in [7, 11) is 0. The number of thiazole rings is 1. The molecule has 8 heteroatoms. The number of carbonyl (C=O) groups excluding carboxylic acids is 1. The molecule has 3 heterocycles. The van der Waals surface area contributed by atoms with Crippen molar-refractivity contribution in [1.82, 2.24) is 25.2 Å². The third kappa shape index (κ3) is 3.43. The number of carbonyl (C=O) groups is 1. The maximum Gasteiger partial charge on any atom is 0.226 e. The highest BCUT2D eigenvalue weighted by Gasteiger charge is 2.12. The van der Waals surface area contributed by atoms with Gasteiger partial charge >= 0.3 is 0 Å². The summed E-state index contributed by atoms with van der Waals surface area (Å²) in [6.45, 7) is 0.525. The van der Waals surface area contributed by atoms with Gasteiger partial charge in [0.15, 0.2) is 5.58 Å². The summed E-state index contributed by atoms with van der Waals surface area (Å²) >= 11 is 1.53. The van der Waals surface area contributed by atoms with Crippen LogP contribution in [-0.2, 0) is 17.6 Å². The molecule has 0 fully saturated rings. The predicted molar refractivity (Wildman–Crippen MR) is 93.7 cm³/mol. The zero-order chi connectivity index (χ0) is 17.1. The molecule has 0 bridgehead atoms. The summed E-state index contributed by atoms with van der Waals surface area (Å²) in [5.74, 6) is -0.0819. The highest BCUT2D eigenvalue weighted by molar-refractivity contribution is 7.12. The van der Waals surface area contributed by atoms with Crippen LogP contribution in [0.1, 0.15) is 11.4 Å². The quantitative estimate of drug-likeness (QED) is 0.575. The molecule has 0 aliphatic rings. The van der Waals surface area contributed by atoms with E-state index >= 15 is 0 Å². The van der Waals surface area contributed by atoms with Gasteiger partial charge in [0.05, 0.1) is 12.1 Å². The summed E-state index contributed by atoms with van der Waals surface area (Å²) in [6, 6.07) is 9.38. The number of amides is 1. The van der Waals surface area contributed by atoms with Gasteiger partial charge in [0, 0.05) is 36.1 Å². The first-order valence-electron chi connectivity index (χ1n) is 7.84. The molecule has 0 spiro atoms. The maximum atomic E-state index is 12.1. The van der Waals surface area contributed by atoms with E-state index in [0.717, 1.165) is 16.2 Å². The van der Waals surface area contributed by atoms with Gasteiger partial charge in [-0.2, -0.15) is 5.10 Å². The summed E-state index contributed by atoms with van der Waals surface area (Å²) in [5.41, 5.74) is 2.28. The Morgan fingerprint density at radius 1 is 1.28 bits per heavy atom. The van der Waals surface area contributed by atoms with Crippen molar-refractivity contribution in [3.8, 4) is 5.13 Å². The number of para-hydroxylation sites is 1. The van der Waals surface area contributed by atoms with Crippen LogP contribution in [0.4, 0.5) is 0 Å². The van der Waals surface area contributed by atoms with Crippen LogP contribution in [0.25, 0.3) is 16.1 Å². The van der Waals surface area contributed by atoms with Gasteiger partial charge in [-0.1, -0.05) is 17.3 Å². The van der Waals surface area contributed by atoms with Crippen molar-refractivity contribution in [2.24, 2.45) is 0 Å². The second-order valence-corrected chi connectivity index (χ2v) is 6.31. The van der Waals surface area contributed by atoms with Crippen molar-refractivity contribution < 1.29 is 9.32 Å². The van der Waals surface area contributed by atoms with E-state index in [1.165, 1.54) is 11.3 Å². The fourth-order valence-electron chi connectivity index (χ4n) is 2.51. The van der Waals surface area contributed by atoms with Crippen molar-refractivity contribution in [2.45, 2.75) is 12.8 Å². The molecule has 126 valence electrons. The lowest BCUT2D eigenvalue weighted by atomic mass is 10.1. The minimum absolute atomic E-state index is 0.0819. The van der Waals surface area contributed by atoms with Crippen LogP contribution in [0.5, 0.6) is 0 Å². The molecular formula is C17H15N5O2S. The predicted octanol–water partition coefficient (Wildman–Crippen LogP) is 2.37. The third-order valence-corrected chi connectivity index (χ3v) is 4.60. The highest BCUT2D eigenvalue weighted by Crippen LogP contribution is 2.18. The molecule has 7 nitrogen and oxygen atoms in total. The van der Waals surface area contributed by atoms with Gasteiger partial charge in [-0.3, -0.25) is 4.79 Å². The minimum atomic E-state index is -0.0819. The number of hydrogen-bond acceptors (Lipinski definition) is 6. The molecule has 0 atom stereocenters. The largest absolute Gasteiger partial charge is 0.356 e. The molecular weight excluding hydrogens is 338 g/mol. The van der Waals surface area contributed by atoms with E-state index in [2.05, 4.69) is 20.6 Å². The van der Waals surface area contributed by atoms with E-state index in [1.54, 1.807) is 10.9 Å². The zero-order valence-electron chi connectivity index (χ0n) is 13.3. The molecule has 4 aromatic rings. The molecule has 1 N–H and O–H groups in total. The van der Waals surface area contributed by atoms with Crippen molar-refractivity contribution in [1.29, 1.82) is 0 Å². The van der Waals surface area contributed by atoms with E-state index in [0.29, 0.717) is 24.2 Å². The summed E-state index contributed by atoms with van der Waals surface area (Å²) in [6.07, 6.45) is 4.44. The monoisotopic (exact) mass is 353 g/mol. The Bertz CT molecular complexity index is 989. The number of nitrogens with one attached hydrogen (secondary N) is 1. The first-order chi connectivity index (χ1) is 12.3. The minimum Gasteiger partial charge on any atom is -0.356 e. The molecule has 25 heavy (non-hydrogen) atoms. The van der Waals surface area contributed by atoms with E-state index in [9.17, 15) is 4.79 Å². The highest BCUT2D eigenvalue weighted by atomic mass is 32.1. The molecule has 1 aromatic carbocycles. The Morgan fingerprint density at radius 2 is 2.20 bits per heavy atom. The Hall–Kier alpha value is -3.00. The lowest BCUT2D eigenvalue weighted by Gasteiger charge is -2.02. The van der Waals surface area contributed by atoms with Gasteiger partial charge in [-0.15, -0.1) is 11.3 Å². The Balaban J connectivity index is 1.30. The molecule has 0 unspecified atom stereocenters. The van der Waals surface area contributed by atoms with Crippen molar-refractivity contribution >= 4 is 28.2 Å². The third-order valence-electron chi connectivity index (χ3n) is 3.72. The Kier molecular flexibility index (Phi) is 4.26. The van der Waals surface area contributed by atoms with Gasteiger partial charge in [0.25, 0.3) is 0 Å². The second kappa shape index (κ2) is 6.86. The van der Waals surface area contributed by atoms with Crippen LogP contribution in [0, 0.1) is 0 Å². The van der Waals surface area contributed by atoms with Crippen LogP contribution in [0.15, 0.2) is 52.6 Å². The zero-order valence-corrected chi connectivity index (χ0v) is 14.1. The van der Waals surface area contributed by atoms with Gasteiger partial charge in [-0.25, -0.2) is 9.67 Å². The van der Waals surface area contributed by atoms with E-state index in [-0.39, 0.29) is 12.3 Å². The number of benzene rings is 1. The first-order valence-corrected chi connectivity index (χ1v) is 8.72. The summed E-state index contributed by atoms with van der Waals surface area (Å²) < 4.78 is 6.94. The average molecular weight is 353 g/mol. The van der Waals surface area contributed by atoms with Gasteiger partial charge in [0.1, 0.15) is 5.69 Å². The van der Waals surface area contributed by atoms with E-state index in [1.807, 2.05) is 41.9 Å². The lowest BCUT2D eigenvalue weighted by Crippen LogP contribution is -2.27. The molecule has 0 radical (unpaired) electrons. The Morgan fingerprint density at radius 3 is 3.08 bits per heavy atom. The number of rotatable bonds is 6. The molecule has 0 saturated heterocycles. The SMILES string of the molecule is O=C(Cc1noc2ccccc12)NCCc1csc(-n2cccn2)n1. The fraction of sp³-hybridized carbons (Fsp3) is 0.176. The average Bonchev–Trinajstić information content (AvgIpc) is 3.35. The number of nitrogens with zero attached hydrogens (tertiary/aromatic N) is 4. The Labute approximate surface area is 147 Å². The van der Waals surface area contributed by atoms with Crippen LogP contribution < -0.4 is 5.32 Å². The molecule has 0 aliphatic heterocycles. The van der Waals surface area contributed by atoms with Crippen LogP contribution in [-0.4, -0.2) is 32.4 Å². The number of fused-ring (bicyclic) bond motifs is 1. The van der Waals surface area contributed by atoms with Crippen LogP contribution >= 0.6 is 11.3 Å².